The Bertz CT molecular complexity index is 6690. The molecule has 22 rings (SSSR count). The number of benzene rings is 14. The molecule has 0 spiro atoms. The molecule has 0 aliphatic rings. The van der Waals surface area contributed by atoms with E-state index in [2.05, 4.69) is 270 Å². The maximum absolute atomic E-state index is 6.34. The molecule has 94 heavy (non-hydrogen) atoms. The van der Waals surface area contributed by atoms with Crippen LogP contribution in [0.2, 0.25) is 0 Å². The van der Waals surface area contributed by atoms with Gasteiger partial charge in [-0.15, -0.1) is 34.0 Å². The second-order valence-corrected chi connectivity index (χ2v) is 27.6. The molecule has 22 aromatic rings. The molecule has 14 aromatic carbocycles. The van der Waals surface area contributed by atoms with Gasteiger partial charge < -0.3 is 4.42 Å². The first-order chi connectivity index (χ1) is 46.5. The van der Waals surface area contributed by atoms with Crippen molar-refractivity contribution < 1.29 is 4.42 Å². The highest BCUT2D eigenvalue weighted by Crippen LogP contribution is 2.46. The average Bonchev–Trinajstić information content (AvgIpc) is 1.56. The van der Waals surface area contributed by atoms with E-state index in [0.717, 1.165) is 88.4 Å². The summed E-state index contributed by atoms with van der Waals surface area (Å²) in [5.41, 5.74) is 11.2. The molecule has 0 aliphatic carbocycles. The number of rotatable bonds is 4. The number of aromatic nitrogens is 6. The SMILES string of the molecule is c1ccc2cc3c(cc2c1)c1c2ccccc2ccc1n3-c1nc2c(nc1-c1ccc3sc4ccccc4c3c1)sc1ccccc12.c1ccc2cc3c(cc2c1)c1cc2ccccc2cc1n3-c1nc2c(nc1-c1ccc3sc4ccccc4c3c1)oc1ccccc12. The van der Waals surface area contributed by atoms with Gasteiger partial charge in [0.2, 0.25) is 5.71 Å². The van der Waals surface area contributed by atoms with Gasteiger partial charge in [0.25, 0.3) is 0 Å². The molecule has 0 atom stereocenters. The molecule has 0 fully saturated rings. The smallest absolute Gasteiger partial charge is 0.247 e. The maximum Gasteiger partial charge on any atom is 0.247 e. The van der Waals surface area contributed by atoms with E-state index in [1.165, 1.54) is 110 Å². The Morgan fingerprint density at radius 1 is 0.266 bits per heavy atom. The number of furan rings is 1. The van der Waals surface area contributed by atoms with Crippen LogP contribution in [0, 0.1) is 0 Å². The Balaban J connectivity index is 0.000000126. The molecule has 8 heterocycles. The van der Waals surface area contributed by atoms with Gasteiger partial charge in [0.15, 0.2) is 11.6 Å². The minimum atomic E-state index is 0.539. The third kappa shape index (κ3) is 7.76. The molecule has 436 valence electrons. The summed E-state index contributed by atoms with van der Waals surface area (Å²) in [5.74, 6) is 1.64. The van der Waals surface area contributed by atoms with Crippen LogP contribution < -0.4 is 0 Å². The Hall–Kier alpha value is -11.7. The van der Waals surface area contributed by atoms with Crippen molar-refractivity contribution in [3.05, 3.63) is 279 Å². The summed E-state index contributed by atoms with van der Waals surface area (Å²) in [6, 6.07) is 100. The molecule has 0 N–H and O–H groups in total. The summed E-state index contributed by atoms with van der Waals surface area (Å²) in [7, 11) is 0. The van der Waals surface area contributed by atoms with Gasteiger partial charge in [-0.2, -0.15) is 0 Å². The number of para-hydroxylation sites is 1. The Kier molecular flexibility index (Phi) is 11.0. The number of hydrogen-bond acceptors (Lipinski definition) is 8. The van der Waals surface area contributed by atoms with Crippen molar-refractivity contribution in [3.63, 3.8) is 0 Å². The van der Waals surface area contributed by atoms with Gasteiger partial charge in [0, 0.05) is 88.5 Å². The largest absolute Gasteiger partial charge is 0.436 e. The highest BCUT2D eigenvalue weighted by atomic mass is 32.1. The molecular weight excluding hydrogens is 1210 g/mol. The second kappa shape index (κ2) is 19.9. The van der Waals surface area contributed by atoms with Gasteiger partial charge in [0.05, 0.1) is 22.1 Å². The Morgan fingerprint density at radius 3 is 1.28 bits per heavy atom. The average molecular weight is 1250 g/mol. The van der Waals surface area contributed by atoms with E-state index in [-0.39, 0.29) is 0 Å². The minimum Gasteiger partial charge on any atom is -0.436 e. The number of nitrogens with zero attached hydrogens (tertiary/aromatic N) is 6. The van der Waals surface area contributed by atoms with E-state index in [9.17, 15) is 0 Å². The fourth-order valence-electron chi connectivity index (χ4n) is 14.8. The van der Waals surface area contributed by atoms with Gasteiger partial charge in [-0.05, 0) is 140 Å². The lowest BCUT2D eigenvalue weighted by Gasteiger charge is -2.13. The van der Waals surface area contributed by atoms with Gasteiger partial charge in [-0.25, -0.2) is 19.9 Å². The molecule has 0 saturated heterocycles. The van der Waals surface area contributed by atoms with E-state index in [4.69, 9.17) is 24.4 Å². The first-order valence-electron chi connectivity index (χ1n) is 31.5. The summed E-state index contributed by atoms with van der Waals surface area (Å²) in [5, 5.41) is 21.6. The van der Waals surface area contributed by atoms with E-state index in [1.54, 1.807) is 11.3 Å². The van der Waals surface area contributed by atoms with Gasteiger partial charge in [-0.3, -0.25) is 9.13 Å². The van der Waals surface area contributed by atoms with Crippen LogP contribution in [0.1, 0.15) is 0 Å². The fourth-order valence-corrected chi connectivity index (χ4v) is 18.0. The standard InChI is InChI=1S/C42H23N3OS.C42H23N3S2/c1-3-11-26-22-34-31(19-24(26)9-1)32-20-25-10-2-4-12-27(25)23-35(32)45(34)41-39(44-42-40(43-41)30-14-5-7-15-36(30)46-42)28-17-18-38-33(21-28)29-13-6-8-16-37(29)47-38;1-2-11-26-23-34-32(21-25(26)10-1)38-28-12-4-3-9-24(28)17-19-33(38)45(34)41-39(44-42-40(43-41)30-14-6-8-16-36(30)47-42)27-18-20-37-31(22-27)29-13-5-7-15-35(29)46-37/h2*1-23H. The summed E-state index contributed by atoms with van der Waals surface area (Å²) < 4.78 is 17.3. The van der Waals surface area contributed by atoms with Gasteiger partial charge in [-0.1, -0.05) is 182 Å². The summed E-state index contributed by atoms with van der Waals surface area (Å²) in [6.07, 6.45) is 0. The van der Waals surface area contributed by atoms with E-state index >= 15 is 0 Å². The molecule has 8 aromatic heterocycles. The third-order valence-corrected chi connectivity index (χ3v) is 22.5. The van der Waals surface area contributed by atoms with Crippen molar-refractivity contribution in [3.8, 4) is 34.2 Å². The second-order valence-electron chi connectivity index (χ2n) is 24.4. The molecular formula is C84H46N6OS3. The molecule has 10 heteroatoms. The zero-order chi connectivity index (χ0) is 61.3. The Labute approximate surface area is 546 Å². The first kappa shape index (κ1) is 52.0. The monoisotopic (exact) mass is 1250 g/mol. The lowest BCUT2D eigenvalue weighted by Crippen LogP contribution is -2.03. The molecule has 0 amide bonds. The van der Waals surface area contributed by atoms with Crippen LogP contribution in [0.4, 0.5) is 0 Å². The predicted octanol–water partition coefficient (Wildman–Crippen LogP) is 24.1. The van der Waals surface area contributed by atoms with Gasteiger partial charge in [0.1, 0.15) is 32.8 Å². The van der Waals surface area contributed by atoms with Crippen molar-refractivity contribution in [2.75, 3.05) is 0 Å². The summed E-state index contributed by atoms with van der Waals surface area (Å²) in [4.78, 5) is 22.8. The highest BCUT2D eigenvalue weighted by molar-refractivity contribution is 7.26. The van der Waals surface area contributed by atoms with Crippen LogP contribution in [-0.4, -0.2) is 29.1 Å². The van der Waals surface area contributed by atoms with Crippen molar-refractivity contribution in [1.82, 2.24) is 29.1 Å². The quantitative estimate of drug-likeness (QED) is 0.176. The number of fused-ring (bicyclic) bond motifs is 23. The molecule has 0 saturated carbocycles. The molecule has 0 aliphatic heterocycles. The first-order valence-corrected chi connectivity index (χ1v) is 33.9. The normalized spacial score (nSPS) is 12.3. The molecule has 7 nitrogen and oxygen atoms in total. The minimum absolute atomic E-state index is 0.539. The van der Waals surface area contributed by atoms with Crippen LogP contribution in [0.15, 0.2) is 283 Å². The number of thiophene rings is 3. The third-order valence-electron chi connectivity index (χ3n) is 19.1. The van der Waals surface area contributed by atoms with Crippen LogP contribution in [0.5, 0.6) is 0 Å². The van der Waals surface area contributed by atoms with Crippen molar-refractivity contribution in [2.45, 2.75) is 0 Å². The predicted molar refractivity (Wildman–Crippen MR) is 400 cm³/mol. The molecule has 0 unspecified atom stereocenters. The van der Waals surface area contributed by atoms with Crippen molar-refractivity contribution in [2.24, 2.45) is 0 Å². The van der Waals surface area contributed by atoms with Crippen molar-refractivity contribution >= 4 is 204 Å². The maximum atomic E-state index is 6.34. The lowest BCUT2D eigenvalue weighted by molar-refractivity contribution is 0.653. The van der Waals surface area contributed by atoms with Crippen LogP contribution in [0.25, 0.3) is 204 Å². The van der Waals surface area contributed by atoms with E-state index in [1.807, 2.05) is 40.9 Å². The summed E-state index contributed by atoms with van der Waals surface area (Å²) >= 11 is 5.37. The van der Waals surface area contributed by atoms with Crippen molar-refractivity contribution in [1.29, 1.82) is 0 Å². The van der Waals surface area contributed by atoms with Crippen LogP contribution >= 0.6 is 34.0 Å². The van der Waals surface area contributed by atoms with E-state index in [0.29, 0.717) is 5.71 Å². The van der Waals surface area contributed by atoms with Crippen LogP contribution in [-0.2, 0) is 0 Å². The van der Waals surface area contributed by atoms with Crippen LogP contribution in [0.3, 0.4) is 0 Å². The zero-order valence-corrected chi connectivity index (χ0v) is 52.3. The topological polar surface area (TPSA) is 74.6 Å². The number of hydrogen-bond donors (Lipinski definition) is 0. The fraction of sp³-hybridized carbons (Fsp3) is 0. The highest BCUT2D eigenvalue weighted by Gasteiger charge is 2.26. The molecule has 0 bridgehead atoms. The zero-order valence-electron chi connectivity index (χ0n) is 49.9. The van der Waals surface area contributed by atoms with E-state index < -0.39 is 0 Å². The summed E-state index contributed by atoms with van der Waals surface area (Å²) in [6.45, 7) is 0. The molecule has 0 radical (unpaired) electrons. The lowest BCUT2D eigenvalue weighted by atomic mass is 10.0. The van der Waals surface area contributed by atoms with Gasteiger partial charge >= 0.3 is 0 Å². The Morgan fingerprint density at radius 2 is 0.691 bits per heavy atom.